The molecule has 182 valence electrons. The number of carbonyl (C=O) groups is 1. The van der Waals surface area contributed by atoms with Crippen LogP contribution in [0.4, 0.5) is 0 Å². The van der Waals surface area contributed by atoms with Crippen LogP contribution in [0.25, 0.3) is 0 Å². The Morgan fingerprint density at radius 3 is 2.14 bits per heavy atom. The predicted molar refractivity (Wildman–Crippen MR) is 141 cm³/mol. The molecular weight excluding hydrogens is 434 g/mol. The highest BCUT2D eigenvalue weighted by Gasteiger charge is 2.28. The van der Waals surface area contributed by atoms with Crippen LogP contribution in [0.1, 0.15) is 53.1 Å². The molecule has 0 aliphatic heterocycles. The third kappa shape index (κ3) is 6.92. The maximum absolute atomic E-state index is 13.7. The van der Waals surface area contributed by atoms with Crippen molar-refractivity contribution in [3.63, 3.8) is 0 Å². The molecule has 1 unspecified atom stereocenters. The van der Waals surface area contributed by atoms with Crippen LogP contribution in [0.15, 0.2) is 90.2 Å². The summed E-state index contributed by atoms with van der Waals surface area (Å²) >= 11 is 0. The van der Waals surface area contributed by atoms with Gasteiger partial charge in [0.1, 0.15) is 0 Å². The lowest BCUT2D eigenvalue weighted by Crippen LogP contribution is -2.39. The summed E-state index contributed by atoms with van der Waals surface area (Å²) in [5.74, 6) is 1.27. The number of aromatic nitrogens is 1. The first kappa shape index (κ1) is 24.5. The summed E-state index contributed by atoms with van der Waals surface area (Å²) in [7, 11) is 0. The second-order valence-electron chi connectivity index (χ2n) is 9.48. The molecule has 0 radical (unpaired) electrons. The van der Waals surface area contributed by atoms with Crippen LogP contribution >= 0.6 is 0 Å². The molecule has 1 atom stereocenters. The number of nitrogens with two attached hydrogens (primary N) is 2. The van der Waals surface area contributed by atoms with E-state index in [-0.39, 0.29) is 17.8 Å². The van der Waals surface area contributed by atoms with Gasteiger partial charge in [0, 0.05) is 43.5 Å². The van der Waals surface area contributed by atoms with Gasteiger partial charge in [0.05, 0.1) is 0 Å². The molecule has 4 rings (SSSR count). The van der Waals surface area contributed by atoms with E-state index in [1.165, 1.54) is 5.56 Å². The first-order valence-electron chi connectivity index (χ1n) is 12.4. The number of benzene rings is 2. The zero-order chi connectivity index (χ0) is 24.5. The minimum atomic E-state index is 0.0516. The molecule has 6 nitrogen and oxygen atoms in total. The molecule has 6 heteroatoms. The van der Waals surface area contributed by atoms with Crippen molar-refractivity contribution < 1.29 is 4.79 Å². The largest absolute Gasteiger partial charge is 0.370 e. The Labute approximate surface area is 208 Å². The molecule has 1 aliphatic carbocycles. The zero-order valence-electron chi connectivity index (χ0n) is 20.2. The first-order valence-corrected chi connectivity index (χ1v) is 12.4. The van der Waals surface area contributed by atoms with Gasteiger partial charge in [-0.1, -0.05) is 54.6 Å². The van der Waals surface area contributed by atoms with Gasteiger partial charge >= 0.3 is 0 Å². The summed E-state index contributed by atoms with van der Waals surface area (Å²) in [6.07, 6.45) is 8.02. The number of guanidine groups is 1. The average Bonchev–Trinajstić information content (AvgIpc) is 2.91. The Morgan fingerprint density at radius 2 is 1.51 bits per heavy atom. The summed E-state index contributed by atoms with van der Waals surface area (Å²) in [6, 6.07) is 24.1. The monoisotopic (exact) mass is 469 g/mol. The summed E-state index contributed by atoms with van der Waals surface area (Å²) in [6.45, 7) is 2.04. The summed E-state index contributed by atoms with van der Waals surface area (Å²) in [5, 5.41) is 0. The van der Waals surface area contributed by atoms with Crippen LogP contribution in [-0.4, -0.2) is 41.4 Å². The van der Waals surface area contributed by atoms with Gasteiger partial charge in [-0.15, -0.1) is 0 Å². The smallest absolute Gasteiger partial charge is 0.253 e. The van der Waals surface area contributed by atoms with Crippen molar-refractivity contribution in [3.8, 4) is 0 Å². The van der Waals surface area contributed by atoms with E-state index < -0.39 is 0 Å². The van der Waals surface area contributed by atoms with E-state index in [1.54, 1.807) is 6.20 Å². The van der Waals surface area contributed by atoms with Gasteiger partial charge in [0.25, 0.3) is 5.91 Å². The molecule has 1 aromatic heterocycles. The molecule has 4 N–H and O–H groups in total. The minimum absolute atomic E-state index is 0.0516. The maximum Gasteiger partial charge on any atom is 0.253 e. The second-order valence-corrected chi connectivity index (χ2v) is 9.48. The number of carbonyl (C=O) groups excluding carboxylic acids is 1. The lowest BCUT2D eigenvalue weighted by atomic mass is 9.81. The van der Waals surface area contributed by atoms with Crippen molar-refractivity contribution >= 4 is 11.9 Å². The van der Waals surface area contributed by atoms with Crippen LogP contribution in [0.3, 0.4) is 0 Å². The third-order valence-electron chi connectivity index (χ3n) is 6.98. The summed E-state index contributed by atoms with van der Waals surface area (Å²) in [4.78, 5) is 24.4. The van der Waals surface area contributed by atoms with Crippen LogP contribution < -0.4 is 11.5 Å². The number of pyridine rings is 1. The van der Waals surface area contributed by atoms with Gasteiger partial charge in [-0.2, -0.15) is 0 Å². The number of hydrogen-bond acceptors (Lipinski definition) is 3. The van der Waals surface area contributed by atoms with E-state index in [0.717, 1.165) is 43.4 Å². The van der Waals surface area contributed by atoms with Crippen molar-refractivity contribution in [2.45, 2.75) is 31.6 Å². The third-order valence-corrected chi connectivity index (χ3v) is 6.98. The van der Waals surface area contributed by atoms with Crippen molar-refractivity contribution in [1.29, 1.82) is 0 Å². The van der Waals surface area contributed by atoms with Gasteiger partial charge in [0.2, 0.25) is 0 Å². The second kappa shape index (κ2) is 12.2. The van der Waals surface area contributed by atoms with E-state index in [4.69, 9.17) is 11.5 Å². The Balaban J connectivity index is 1.55. The quantitative estimate of drug-likeness (QED) is 0.358. The summed E-state index contributed by atoms with van der Waals surface area (Å²) in [5.41, 5.74) is 14.1. The fraction of sp³-hybridized carbons (Fsp3) is 0.345. The highest BCUT2D eigenvalue weighted by Crippen LogP contribution is 2.32. The fourth-order valence-corrected chi connectivity index (χ4v) is 5.04. The Bertz CT molecular complexity index is 1040. The molecule has 2 aromatic carbocycles. The van der Waals surface area contributed by atoms with E-state index in [2.05, 4.69) is 45.2 Å². The van der Waals surface area contributed by atoms with Crippen molar-refractivity contribution in [2.75, 3.05) is 19.6 Å². The molecule has 3 aromatic rings. The number of hydrogen-bond donors (Lipinski definition) is 2. The van der Waals surface area contributed by atoms with Crippen LogP contribution in [0.2, 0.25) is 0 Å². The van der Waals surface area contributed by atoms with Gasteiger partial charge in [-0.05, 0) is 66.8 Å². The van der Waals surface area contributed by atoms with E-state index in [9.17, 15) is 4.79 Å². The van der Waals surface area contributed by atoms with Crippen molar-refractivity contribution in [1.82, 2.24) is 9.88 Å². The normalized spacial score (nSPS) is 18.4. The van der Waals surface area contributed by atoms with E-state index in [1.807, 2.05) is 48.7 Å². The molecule has 35 heavy (non-hydrogen) atoms. The zero-order valence-corrected chi connectivity index (χ0v) is 20.2. The van der Waals surface area contributed by atoms with Gasteiger partial charge < -0.3 is 16.4 Å². The average molecular weight is 470 g/mol. The lowest BCUT2D eigenvalue weighted by molar-refractivity contribution is 0.0700. The van der Waals surface area contributed by atoms with Crippen molar-refractivity contribution in [2.24, 2.45) is 28.3 Å². The SMILES string of the molecule is NC(N)=NCC1CCC(CN(CC(c2ccccc2)c2cccnc2)C(=O)c2ccccc2)CC1. The molecule has 1 aliphatic rings. The van der Waals surface area contributed by atoms with Crippen LogP contribution in [-0.2, 0) is 0 Å². The van der Waals surface area contributed by atoms with Gasteiger partial charge in [-0.25, -0.2) is 0 Å². The van der Waals surface area contributed by atoms with Gasteiger partial charge in [-0.3, -0.25) is 14.8 Å². The maximum atomic E-state index is 13.7. The molecule has 1 heterocycles. The highest BCUT2D eigenvalue weighted by molar-refractivity contribution is 5.94. The van der Waals surface area contributed by atoms with E-state index >= 15 is 0 Å². The Hall–Kier alpha value is -3.67. The Morgan fingerprint density at radius 1 is 0.886 bits per heavy atom. The number of amides is 1. The fourth-order valence-electron chi connectivity index (χ4n) is 5.04. The number of nitrogens with zero attached hydrogens (tertiary/aromatic N) is 3. The van der Waals surface area contributed by atoms with Crippen molar-refractivity contribution in [3.05, 3.63) is 102 Å². The number of aliphatic imine (C=N–C) groups is 1. The molecular formula is C29H35N5O. The molecule has 1 fully saturated rings. The van der Waals surface area contributed by atoms with Crippen LogP contribution in [0.5, 0.6) is 0 Å². The van der Waals surface area contributed by atoms with E-state index in [0.29, 0.717) is 24.9 Å². The topological polar surface area (TPSA) is 97.6 Å². The minimum Gasteiger partial charge on any atom is -0.370 e. The molecule has 1 amide bonds. The summed E-state index contributed by atoms with van der Waals surface area (Å²) < 4.78 is 0. The standard InChI is InChI=1S/C29H35N5O/c30-29(31)33-18-22-13-15-23(16-14-22)20-34(28(35)25-10-5-2-6-11-25)21-27(24-8-3-1-4-9-24)26-12-7-17-32-19-26/h1-12,17,19,22-23,27H,13-16,18,20-21H2,(H4,30,31,33). The Kier molecular flexibility index (Phi) is 8.49. The number of rotatable bonds is 9. The lowest BCUT2D eigenvalue weighted by Gasteiger charge is -2.34. The van der Waals surface area contributed by atoms with Crippen LogP contribution in [0, 0.1) is 11.8 Å². The molecule has 1 saturated carbocycles. The van der Waals surface area contributed by atoms with Gasteiger partial charge in [0.15, 0.2) is 5.96 Å². The first-order chi connectivity index (χ1) is 17.1. The highest BCUT2D eigenvalue weighted by atomic mass is 16.2. The molecule has 0 spiro atoms. The predicted octanol–water partition coefficient (Wildman–Crippen LogP) is 4.44. The molecule has 0 saturated heterocycles. The molecule has 0 bridgehead atoms.